The minimum Gasteiger partial charge on any atom is -0.508 e. The summed E-state index contributed by atoms with van der Waals surface area (Å²) in [7, 11) is -7.45. The van der Waals surface area contributed by atoms with E-state index in [1.807, 2.05) is 0 Å². The molecule has 4 N–H and O–H groups in total. The Morgan fingerprint density at radius 1 is 0.605 bits per heavy atom. The molecule has 5 rings (SSSR count). The number of hydrogen-bond acceptors (Lipinski definition) is 8. The van der Waals surface area contributed by atoms with E-state index in [-0.39, 0.29) is 23.0 Å². The zero-order chi connectivity index (χ0) is 26.9. The summed E-state index contributed by atoms with van der Waals surface area (Å²) in [5.74, 6) is 0.440. The largest absolute Gasteiger partial charge is 0.508 e. The highest BCUT2D eigenvalue weighted by molar-refractivity contribution is 7.99. The molecule has 0 amide bonds. The summed E-state index contributed by atoms with van der Waals surface area (Å²) in [5.41, 5.74) is 1.69. The number of anilines is 2. The molecule has 9 nitrogen and oxygen atoms in total. The molecule has 196 valence electrons. The number of fused-ring (bicyclic) bond motifs is 2. The molecular weight excluding hydrogens is 548 g/mol. The van der Waals surface area contributed by atoms with Crippen molar-refractivity contribution in [2.45, 2.75) is 21.3 Å². The van der Waals surface area contributed by atoms with Gasteiger partial charge >= 0.3 is 0 Å². The second-order valence-corrected chi connectivity index (χ2v) is 13.1. The van der Waals surface area contributed by atoms with Gasteiger partial charge < -0.3 is 14.9 Å². The third kappa shape index (κ3) is 6.33. The Bertz CT molecular complexity index is 1580. The quantitative estimate of drug-likeness (QED) is 0.186. The molecule has 4 aromatic carbocycles. The van der Waals surface area contributed by atoms with Crippen molar-refractivity contribution in [2.24, 2.45) is 0 Å². The fourth-order valence-electron chi connectivity index (χ4n) is 3.78. The first-order valence-corrected chi connectivity index (χ1v) is 15.4. The second-order valence-electron chi connectivity index (χ2n) is 8.58. The maximum atomic E-state index is 12.7. The van der Waals surface area contributed by atoms with Crippen molar-refractivity contribution in [3.8, 4) is 23.0 Å². The number of phenols is 2. The lowest BCUT2D eigenvalue weighted by atomic mass is 10.2. The Labute approximate surface area is 224 Å². The SMILES string of the molecule is O=S(=O)(Cc1ccc2c(c1)Oc1cc(CS(=O)(=O)Nc3ccc(O)cc3)ccc1S2)Nc1ccc(O)cc1. The van der Waals surface area contributed by atoms with Crippen LogP contribution in [0, 0.1) is 0 Å². The second kappa shape index (κ2) is 10.1. The van der Waals surface area contributed by atoms with Crippen molar-refractivity contribution < 1.29 is 31.8 Å². The van der Waals surface area contributed by atoms with E-state index in [0.29, 0.717) is 34.0 Å². The number of benzene rings is 4. The van der Waals surface area contributed by atoms with Gasteiger partial charge in [-0.25, -0.2) is 16.8 Å². The highest BCUT2D eigenvalue weighted by atomic mass is 32.2. The van der Waals surface area contributed by atoms with E-state index < -0.39 is 20.0 Å². The number of ether oxygens (including phenoxy) is 1. The molecule has 38 heavy (non-hydrogen) atoms. The van der Waals surface area contributed by atoms with Crippen molar-refractivity contribution >= 4 is 43.2 Å². The summed E-state index contributed by atoms with van der Waals surface area (Å²) in [6.07, 6.45) is 0. The Hall–Kier alpha value is -3.87. The zero-order valence-electron chi connectivity index (χ0n) is 19.7. The lowest BCUT2D eigenvalue weighted by molar-refractivity contribution is 0.453. The fraction of sp³-hybridized carbons (Fsp3) is 0.0769. The molecule has 1 aliphatic heterocycles. The van der Waals surface area contributed by atoms with Gasteiger partial charge in [0.05, 0.1) is 21.3 Å². The minimum absolute atomic E-state index is 0.0342. The molecule has 0 fully saturated rings. The lowest BCUT2D eigenvalue weighted by Crippen LogP contribution is -2.15. The molecule has 1 heterocycles. The van der Waals surface area contributed by atoms with E-state index >= 15 is 0 Å². The fourth-order valence-corrected chi connectivity index (χ4v) is 7.06. The molecule has 0 aliphatic carbocycles. The molecule has 0 radical (unpaired) electrons. The van der Waals surface area contributed by atoms with Crippen molar-refractivity contribution in [1.82, 2.24) is 0 Å². The number of sulfonamides is 2. The third-order valence-electron chi connectivity index (χ3n) is 5.45. The summed E-state index contributed by atoms with van der Waals surface area (Å²) in [6, 6.07) is 21.7. The van der Waals surface area contributed by atoms with Gasteiger partial charge in [0.2, 0.25) is 20.0 Å². The Kier molecular flexibility index (Phi) is 6.86. The summed E-state index contributed by atoms with van der Waals surface area (Å²) in [4.78, 5) is 1.61. The van der Waals surface area contributed by atoms with E-state index in [9.17, 15) is 27.0 Å². The van der Waals surface area contributed by atoms with Crippen LogP contribution in [0.3, 0.4) is 0 Å². The lowest BCUT2D eigenvalue weighted by Gasteiger charge is -2.21. The van der Waals surface area contributed by atoms with Crippen LogP contribution in [0.4, 0.5) is 11.4 Å². The van der Waals surface area contributed by atoms with Gasteiger partial charge in [-0.3, -0.25) is 9.44 Å². The topological polar surface area (TPSA) is 142 Å². The van der Waals surface area contributed by atoms with Gasteiger partial charge in [0, 0.05) is 11.4 Å². The highest BCUT2D eigenvalue weighted by Gasteiger charge is 2.22. The van der Waals surface area contributed by atoms with E-state index in [2.05, 4.69) is 9.44 Å². The van der Waals surface area contributed by atoms with Crippen LogP contribution in [0.1, 0.15) is 11.1 Å². The molecule has 1 aliphatic rings. The monoisotopic (exact) mass is 570 g/mol. The van der Waals surface area contributed by atoms with E-state index in [1.54, 1.807) is 36.4 Å². The van der Waals surface area contributed by atoms with Gasteiger partial charge in [0.15, 0.2) is 0 Å². The van der Waals surface area contributed by atoms with Gasteiger partial charge in [-0.2, -0.15) is 0 Å². The number of phenolic OH excluding ortho intramolecular Hbond substituents is 2. The van der Waals surface area contributed by atoms with Gasteiger partial charge in [0.1, 0.15) is 23.0 Å². The van der Waals surface area contributed by atoms with Crippen molar-refractivity contribution in [2.75, 3.05) is 9.44 Å². The Morgan fingerprint density at radius 3 is 1.39 bits per heavy atom. The Balaban J connectivity index is 1.29. The van der Waals surface area contributed by atoms with Crippen molar-refractivity contribution in [3.63, 3.8) is 0 Å². The predicted molar refractivity (Wildman–Crippen MR) is 146 cm³/mol. The summed E-state index contributed by atoms with van der Waals surface area (Å²) in [5, 5.41) is 18.8. The van der Waals surface area contributed by atoms with Gasteiger partial charge in [-0.1, -0.05) is 23.9 Å². The molecule has 0 aromatic heterocycles. The first-order valence-electron chi connectivity index (χ1n) is 11.2. The van der Waals surface area contributed by atoms with Crippen LogP contribution in [0.15, 0.2) is 94.7 Å². The van der Waals surface area contributed by atoms with Crippen LogP contribution in [0.5, 0.6) is 23.0 Å². The summed E-state index contributed by atoms with van der Waals surface area (Å²) >= 11 is 1.44. The molecule has 0 saturated carbocycles. The highest BCUT2D eigenvalue weighted by Crippen LogP contribution is 2.47. The number of nitrogens with one attached hydrogen (secondary N) is 2. The maximum absolute atomic E-state index is 12.7. The van der Waals surface area contributed by atoms with E-state index in [1.165, 1.54) is 60.3 Å². The predicted octanol–water partition coefficient (Wildman–Crippen LogP) is 5.24. The number of rotatable bonds is 8. The molecule has 0 atom stereocenters. The van der Waals surface area contributed by atoms with Crippen LogP contribution < -0.4 is 14.2 Å². The van der Waals surface area contributed by atoms with Crippen LogP contribution in [0.2, 0.25) is 0 Å². The molecule has 0 bridgehead atoms. The molecular formula is C26H22N2O7S3. The molecule has 0 spiro atoms. The third-order valence-corrected chi connectivity index (χ3v) is 9.09. The smallest absolute Gasteiger partial charge is 0.236 e. The summed E-state index contributed by atoms with van der Waals surface area (Å²) < 4.78 is 61.6. The first-order chi connectivity index (χ1) is 18.0. The average Bonchev–Trinajstić information content (AvgIpc) is 2.85. The van der Waals surface area contributed by atoms with Crippen LogP contribution in [-0.2, 0) is 31.6 Å². The number of hydrogen-bond donors (Lipinski definition) is 4. The van der Waals surface area contributed by atoms with Crippen LogP contribution in [-0.4, -0.2) is 27.0 Å². The average molecular weight is 571 g/mol. The van der Waals surface area contributed by atoms with Crippen LogP contribution >= 0.6 is 11.8 Å². The first kappa shape index (κ1) is 25.8. The van der Waals surface area contributed by atoms with Crippen molar-refractivity contribution in [1.29, 1.82) is 0 Å². The number of aromatic hydroxyl groups is 2. The zero-order valence-corrected chi connectivity index (χ0v) is 22.1. The molecule has 0 unspecified atom stereocenters. The molecule has 4 aromatic rings. The van der Waals surface area contributed by atoms with Crippen LogP contribution in [0.25, 0.3) is 0 Å². The van der Waals surface area contributed by atoms with E-state index in [0.717, 1.165) is 9.79 Å². The molecule has 0 saturated heterocycles. The van der Waals surface area contributed by atoms with Gasteiger partial charge in [-0.15, -0.1) is 0 Å². The van der Waals surface area contributed by atoms with Crippen molar-refractivity contribution in [3.05, 3.63) is 96.1 Å². The minimum atomic E-state index is -3.72. The normalized spacial score (nSPS) is 12.6. The van der Waals surface area contributed by atoms with Gasteiger partial charge in [0.25, 0.3) is 0 Å². The van der Waals surface area contributed by atoms with E-state index in [4.69, 9.17) is 4.74 Å². The summed E-state index contributed by atoms with van der Waals surface area (Å²) in [6.45, 7) is 0. The Morgan fingerprint density at radius 2 is 1.00 bits per heavy atom. The maximum Gasteiger partial charge on any atom is 0.236 e. The van der Waals surface area contributed by atoms with Gasteiger partial charge in [-0.05, 0) is 83.9 Å². The standard InChI is InChI=1S/C26H22N2O7S3/c29-21-7-3-19(4-8-21)27-37(31,32)15-17-1-11-25-23(13-17)35-24-14-18(2-12-26(24)36-25)16-38(33,34)28-20-5-9-22(30)10-6-20/h1-14,27-30H,15-16H2. The molecule has 12 heteroatoms.